The summed E-state index contributed by atoms with van der Waals surface area (Å²) >= 11 is 0. The van der Waals surface area contributed by atoms with Gasteiger partial charge in [0.05, 0.1) is 11.6 Å². The van der Waals surface area contributed by atoms with E-state index < -0.39 is 5.54 Å². The van der Waals surface area contributed by atoms with Crippen LogP contribution in [0.3, 0.4) is 0 Å². The topological polar surface area (TPSA) is 102 Å². The summed E-state index contributed by atoms with van der Waals surface area (Å²) in [6.45, 7) is 3.36. The molecule has 0 radical (unpaired) electrons. The molecule has 2 atom stereocenters. The van der Waals surface area contributed by atoms with Crippen molar-refractivity contribution in [3.63, 3.8) is 0 Å². The van der Waals surface area contributed by atoms with Crippen LogP contribution in [0, 0.1) is 0 Å². The van der Waals surface area contributed by atoms with Crippen molar-refractivity contribution in [1.29, 1.82) is 0 Å². The minimum absolute atomic E-state index is 0.0318. The van der Waals surface area contributed by atoms with Gasteiger partial charge in [-0.3, -0.25) is 9.59 Å². The maximum atomic E-state index is 13.6. The van der Waals surface area contributed by atoms with Crippen LogP contribution in [0.2, 0.25) is 0 Å². The van der Waals surface area contributed by atoms with E-state index in [0.717, 1.165) is 55.3 Å². The molecule has 9 nitrogen and oxygen atoms in total. The first-order valence-electron chi connectivity index (χ1n) is 11.9. The summed E-state index contributed by atoms with van der Waals surface area (Å²) in [7, 11) is 0. The standard InChI is InChI=1S/C24H28N6O3/c1-24(2)22(32)26-17-9-5-6-10-18(17)30(24)19(31)13-28-23(33)29-20(14-11-12-14)25-16-8-4-3-7-15(16)21(29)27-28/h3-4,7-8,14,17-18H,5-6,9-13H2,1-2H3,(H,26,32)/t17-,18-/m0/s1. The van der Waals surface area contributed by atoms with Gasteiger partial charge in [-0.1, -0.05) is 25.0 Å². The fraction of sp³-hybridized carbons (Fsp3) is 0.542. The Bertz CT molecular complexity index is 1350. The minimum atomic E-state index is -0.980. The molecule has 2 amide bonds. The van der Waals surface area contributed by atoms with E-state index in [1.165, 1.54) is 4.68 Å². The van der Waals surface area contributed by atoms with E-state index in [4.69, 9.17) is 4.98 Å². The van der Waals surface area contributed by atoms with Crippen LogP contribution in [-0.2, 0) is 16.1 Å². The van der Waals surface area contributed by atoms with E-state index in [1.807, 2.05) is 24.3 Å². The molecule has 1 aliphatic heterocycles. The lowest BCUT2D eigenvalue weighted by Crippen LogP contribution is -2.72. The van der Waals surface area contributed by atoms with Gasteiger partial charge in [0.2, 0.25) is 11.8 Å². The zero-order chi connectivity index (χ0) is 22.9. The van der Waals surface area contributed by atoms with Gasteiger partial charge in [0.15, 0.2) is 5.65 Å². The second-order valence-electron chi connectivity index (χ2n) is 10.1. The minimum Gasteiger partial charge on any atom is -0.349 e. The molecular weight excluding hydrogens is 420 g/mol. The van der Waals surface area contributed by atoms with Crippen LogP contribution in [0.4, 0.5) is 0 Å². The summed E-state index contributed by atoms with van der Waals surface area (Å²) in [5.74, 6) is 0.573. The van der Waals surface area contributed by atoms with E-state index in [2.05, 4.69) is 10.4 Å². The molecule has 0 bridgehead atoms. The Morgan fingerprint density at radius 3 is 2.67 bits per heavy atom. The third-order valence-electron chi connectivity index (χ3n) is 7.48. The van der Waals surface area contributed by atoms with Crippen LogP contribution in [0.15, 0.2) is 29.1 Å². The first-order valence-corrected chi connectivity index (χ1v) is 11.9. The van der Waals surface area contributed by atoms with Crippen molar-refractivity contribution < 1.29 is 9.59 Å². The van der Waals surface area contributed by atoms with Gasteiger partial charge in [-0.25, -0.2) is 18.9 Å². The predicted octanol–water partition coefficient (Wildman–Crippen LogP) is 1.97. The van der Waals surface area contributed by atoms with Crippen LogP contribution in [0.25, 0.3) is 16.6 Å². The van der Waals surface area contributed by atoms with Gasteiger partial charge in [-0.2, -0.15) is 0 Å². The SMILES string of the molecule is CC1(C)C(=O)N[C@H]2CCCC[C@@H]2N1C(=O)Cn1nc2c3ccccc3nc(C3CC3)n2c1=O. The third-order valence-corrected chi connectivity index (χ3v) is 7.48. The Kier molecular flexibility index (Phi) is 4.41. The smallest absolute Gasteiger partial charge is 0.349 e. The van der Waals surface area contributed by atoms with Crippen molar-refractivity contribution in [2.24, 2.45) is 0 Å². The number of fused-ring (bicyclic) bond motifs is 4. The van der Waals surface area contributed by atoms with Gasteiger partial charge in [-0.15, -0.1) is 5.10 Å². The van der Waals surface area contributed by atoms with Gasteiger partial charge < -0.3 is 10.2 Å². The van der Waals surface area contributed by atoms with E-state index in [9.17, 15) is 14.4 Å². The second-order valence-corrected chi connectivity index (χ2v) is 10.1. The predicted molar refractivity (Wildman–Crippen MR) is 122 cm³/mol. The maximum absolute atomic E-state index is 13.6. The van der Waals surface area contributed by atoms with Crippen molar-refractivity contribution in [2.45, 2.75) is 82.5 Å². The summed E-state index contributed by atoms with van der Waals surface area (Å²) < 4.78 is 2.82. The van der Waals surface area contributed by atoms with Gasteiger partial charge in [0.25, 0.3) is 0 Å². The Morgan fingerprint density at radius 2 is 1.88 bits per heavy atom. The summed E-state index contributed by atoms with van der Waals surface area (Å²) in [5, 5.41) is 8.49. The lowest BCUT2D eigenvalue weighted by molar-refractivity contribution is -0.158. The molecule has 2 aliphatic carbocycles. The average Bonchev–Trinajstić information content (AvgIpc) is 3.59. The number of aromatic nitrogens is 4. The highest BCUT2D eigenvalue weighted by Crippen LogP contribution is 2.39. The number of hydrogen-bond acceptors (Lipinski definition) is 5. The number of nitrogens with one attached hydrogen (secondary N) is 1. The molecule has 2 aromatic heterocycles. The van der Waals surface area contributed by atoms with E-state index >= 15 is 0 Å². The number of amides is 2. The monoisotopic (exact) mass is 448 g/mol. The molecule has 1 aromatic carbocycles. The zero-order valence-corrected chi connectivity index (χ0v) is 19.0. The number of carbonyl (C=O) groups is 2. The maximum Gasteiger partial charge on any atom is 0.352 e. The van der Waals surface area contributed by atoms with Crippen LogP contribution in [0.1, 0.15) is 64.1 Å². The molecule has 2 saturated carbocycles. The number of nitrogens with zero attached hydrogens (tertiary/aromatic N) is 5. The Morgan fingerprint density at radius 1 is 1.12 bits per heavy atom. The molecule has 3 fully saturated rings. The van der Waals surface area contributed by atoms with E-state index in [0.29, 0.717) is 5.65 Å². The molecule has 0 spiro atoms. The van der Waals surface area contributed by atoms with Crippen molar-refractivity contribution in [3.8, 4) is 0 Å². The van der Waals surface area contributed by atoms with E-state index in [1.54, 1.807) is 23.1 Å². The highest BCUT2D eigenvalue weighted by molar-refractivity contribution is 5.93. The number of carbonyl (C=O) groups excluding carboxylic acids is 2. The molecule has 3 aromatic rings. The fourth-order valence-electron chi connectivity index (χ4n) is 5.60. The summed E-state index contributed by atoms with van der Waals surface area (Å²) in [6.07, 6.45) is 5.77. The highest BCUT2D eigenvalue weighted by atomic mass is 16.2. The summed E-state index contributed by atoms with van der Waals surface area (Å²) in [5.41, 5.74) is 0.00454. The summed E-state index contributed by atoms with van der Waals surface area (Å²) in [4.78, 5) is 46.3. The van der Waals surface area contributed by atoms with E-state index in [-0.39, 0.29) is 42.1 Å². The van der Waals surface area contributed by atoms with Crippen molar-refractivity contribution in [1.82, 2.24) is 29.4 Å². The molecule has 9 heteroatoms. The van der Waals surface area contributed by atoms with Crippen LogP contribution in [-0.4, -0.2) is 53.5 Å². The Labute approximate surface area is 190 Å². The molecule has 172 valence electrons. The van der Waals surface area contributed by atoms with Crippen molar-refractivity contribution >= 4 is 28.4 Å². The number of para-hydroxylation sites is 1. The molecule has 3 aliphatic rings. The zero-order valence-electron chi connectivity index (χ0n) is 19.0. The Hall–Kier alpha value is -3.23. The number of piperazine rings is 1. The van der Waals surface area contributed by atoms with Gasteiger partial charge in [0.1, 0.15) is 17.9 Å². The molecule has 33 heavy (non-hydrogen) atoms. The lowest BCUT2D eigenvalue weighted by Gasteiger charge is -2.52. The number of hydrogen-bond donors (Lipinski definition) is 1. The Balaban J connectivity index is 1.43. The molecule has 6 rings (SSSR count). The van der Waals surface area contributed by atoms with Crippen LogP contribution < -0.4 is 11.0 Å². The molecule has 3 heterocycles. The summed E-state index contributed by atoms with van der Waals surface area (Å²) in [6, 6.07) is 7.55. The van der Waals surface area contributed by atoms with Gasteiger partial charge >= 0.3 is 5.69 Å². The lowest BCUT2D eigenvalue weighted by atomic mass is 9.82. The second kappa shape index (κ2) is 7.13. The quantitative estimate of drug-likeness (QED) is 0.660. The fourth-order valence-corrected chi connectivity index (χ4v) is 5.60. The first kappa shape index (κ1) is 20.4. The highest BCUT2D eigenvalue weighted by Gasteiger charge is 2.50. The number of rotatable bonds is 3. The molecule has 1 saturated heterocycles. The molecular formula is C24H28N6O3. The normalized spacial score (nSPS) is 24.7. The average molecular weight is 449 g/mol. The first-order chi connectivity index (χ1) is 15.9. The van der Waals surface area contributed by atoms with Gasteiger partial charge in [-0.05, 0) is 51.7 Å². The molecule has 1 N–H and O–H groups in total. The van der Waals surface area contributed by atoms with Crippen molar-refractivity contribution in [2.75, 3.05) is 0 Å². The molecule has 0 unspecified atom stereocenters. The largest absolute Gasteiger partial charge is 0.352 e. The van der Waals surface area contributed by atoms with Crippen LogP contribution in [0.5, 0.6) is 0 Å². The van der Waals surface area contributed by atoms with Crippen LogP contribution >= 0.6 is 0 Å². The van der Waals surface area contributed by atoms with Gasteiger partial charge in [0, 0.05) is 17.3 Å². The van der Waals surface area contributed by atoms with Crippen molar-refractivity contribution in [3.05, 3.63) is 40.6 Å². The number of benzene rings is 1. The third kappa shape index (κ3) is 3.08.